The molecule has 4 aromatic heterocycles. The van der Waals surface area contributed by atoms with Crippen molar-refractivity contribution in [2.75, 3.05) is 0 Å². The average Bonchev–Trinajstić information content (AvgIpc) is 3.61. The first kappa shape index (κ1) is 18.3. The van der Waals surface area contributed by atoms with E-state index in [-0.39, 0.29) is 0 Å². The molecule has 0 saturated heterocycles. The highest BCUT2D eigenvalue weighted by Crippen LogP contribution is 2.54. The van der Waals surface area contributed by atoms with Gasteiger partial charge >= 0.3 is 0 Å². The van der Waals surface area contributed by atoms with Gasteiger partial charge in [-0.05, 0) is 56.9 Å². The summed E-state index contributed by atoms with van der Waals surface area (Å²) >= 11 is 7.29. The van der Waals surface area contributed by atoms with Crippen molar-refractivity contribution in [3.63, 3.8) is 0 Å². The summed E-state index contributed by atoms with van der Waals surface area (Å²) in [5, 5.41) is 8.72. The van der Waals surface area contributed by atoms with Gasteiger partial charge in [-0.2, -0.15) is 0 Å². The fourth-order valence-electron chi connectivity index (χ4n) is 4.13. The predicted octanol–water partition coefficient (Wildman–Crippen LogP) is 8.86. The molecule has 1 aromatic carbocycles. The normalized spacial score (nSPS) is 13.1. The van der Waals surface area contributed by atoms with Crippen LogP contribution in [0.15, 0.2) is 94.3 Å². The highest BCUT2D eigenvalue weighted by atomic mass is 32.1. The lowest BCUT2D eigenvalue weighted by Gasteiger charge is -2.14. The van der Waals surface area contributed by atoms with Crippen molar-refractivity contribution in [3.8, 4) is 0 Å². The van der Waals surface area contributed by atoms with Crippen LogP contribution in [0.3, 0.4) is 0 Å². The number of hydrogen-bond acceptors (Lipinski definition) is 4. The van der Waals surface area contributed by atoms with Gasteiger partial charge in [-0.1, -0.05) is 48.5 Å². The second kappa shape index (κ2) is 7.64. The van der Waals surface area contributed by atoms with Gasteiger partial charge in [0, 0.05) is 41.8 Å². The predicted molar refractivity (Wildman–Crippen MR) is 136 cm³/mol. The smallest absolute Gasteiger partial charge is 0.0363 e. The minimum Gasteiger partial charge on any atom is -0.144 e. The molecule has 5 aromatic rings. The largest absolute Gasteiger partial charge is 0.144 e. The molecule has 0 radical (unpaired) electrons. The number of fused-ring (bicyclic) bond motifs is 1. The van der Waals surface area contributed by atoms with E-state index >= 15 is 0 Å². The Labute approximate surface area is 191 Å². The van der Waals surface area contributed by atoms with Gasteiger partial charge in [-0.15, -0.1) is 45.3 Å². The molecule has 0 nitrogen and oxygen atoms in total. The molecule has 144 valence electrons. The highest BCUT2D eigenvalue weighted by molar-refractivity contribution is 7.14. The fourth-order valence-corrected chi connectivity index (χ4v) is 7.35. The lowest BCUT2D eigenvalue weighted by Crippen LogP contribution is -1.91. The van der Waals surface area contributed by atoms with Crippen molar-refractivity contribution in [2.45, 2.75) is 0 Å². The maximum Gasteiger partial charge on any atom is 0.0363 e. The van der Waals surface area contributed by atoms with E-state index in [1.807, 2.05) is 45.3 Å². The zero-order chi connectivity index (χ0) is 19.9. The first-order chi connectivity index (χ1) is 14.9. The second-order valence-corrected chi connectivity index (χ2v) is 10.7. The van der Waals surface area contributed by atoms with Crippen LogP contribution >= 0.6 is 45.3 Å². The first-order valence-corrected chi connectivity index (χ1v) is 13.2. The zero-order valence-corrected chi connectivity index (χ0v) is 19.1. The van der Waals surface area contributed by atoms with E-state index in [1.165, 1.54) is 52.9 Å². The standard InChI is InChI=1S/C26H16S4/c1-2-8-18-17(7-1)23(19-9-3-13-27-19)26(22-12-6-16-30-22)24(18)25(20-10-4-14-28-20)21-11-5-15-29-21/h1-16H. The molecule has 0 spiro atoms. The van der Waals surface area contributed by atoms with Crippen molar-refractivity contribution in [1.29, 1.82) is 0 Å². The van der Waals surface area contributed by atoms with E-state index in [1.54, 1.807) is 0 Å². The Morgan fingerprint density at radius 3 is 1.53 bits per heavy atom. The van der Waals surface area contributed by atoms with Crippen LogP contribution in [-0.2, 0) is 0 Å². The summed E-state index contributed by atoms with van der Waals surface area (Å²) in [6, 6.07) is 26.6. The summed E-state index contributed by atoms with van der Waals surface area (Å²) in [6.45, 7) is 0. The minimum atomic E-state index is 1.32. The summed E-state index contributed by atoms with van der Waals surface area (Å²) in [5.41, 5.74) is 8.11. The van der Waals surface area contributed by atoms with Crippen LogP contribution < -0.4 is 0 Å². The summed E-state index contributed by atoms with van der Waals surface area (Å²) < 4.78 is 0. The van der Waals surface area contributed by atoms with Gasteiger partial charge in [0.05, 0.1) is 0 Å². The molecular formula is C26H16S4. The molecular weight excluding hydrogens is 441 g/mol. The first-order valence-electron chi connectivity index (χ1n) is 9.66. The summed E-state index contributed by atoms with van der Waals surface area (Å²) in [4.78, 5) is 5.31. The SMILES string of the molecule is c1csc(C2=C(c3cccs3)c3ccccc3C2=C(c2cccs2)c2cccs2)c1. The third-order valence-corrected chi connectivity index (χ3v) is 8.84. The Hall–Kier alpha value is -2.50. The fraction of sp³-hybridized carbons (Fsp3) is 0. The summed E-state index contributed by atoms with van der Waals surface area (Å²) in [7, 11) is 0. The average molecular weight is 457 g/mol. The third kappa shape index (κ3) is 2.91. The van der Waals surface area contributed by atoms with Crippen molar-refractivity contribution < 1.29 is 0 Å². The van der Waals surface area contributed by atoms with Crippen LogP contribution in [0.4, 0.5) is 0 Å². The van der Waals surface area contributed by atoms with Gasteiger partial charge in [0.2, 0.25) is 0 Å². The van der Waals surface area contributed by atoms with Crippen LogP contribution in [0.25, 0.3) is 22.3 Å². The van der Waals surface area contributed by atoms with E-state index in [0.29, 0.717) is 0 Å². The molecule has 1 aliphatic carbocycles. The maximum absolute atomic E-state index is 2.29. The van der Waals surface area contributed by atoms with E-state index in [2.05, 4.69) is 94.3 Å². The lowest BCUT2D eigenvalue weighted by molar-refractivity contribution is 1.59. The Bertz CT molecular complexity index is 1310. The third-order valence-electron chi connectivity index (χ3n) is 5.29. The van der Waals surface area contributed by atoms with Crippen LogP contribution in [0.5, 0.6) is 0 Å². The van der Waals surface area contributed by atoms with Crippen LogP contribution in [0, 0.1) is 0 Å². The molecule has 4 heteroatoms. The van der Waals surface area contributed by atoms with Crippen molar-refractivity contribution in [3.05, 3.63) is 125 Å². The molecule has 0 bridgehead atoms. The van der Waals surface area contributed by atoms with Gasteiger partial charge in [0.15, 0.2) is 0 Å². The minimum absolute atomic E-state index is 1.32. The van der Waals surface area contributed by atoms with E-state index < -0.39 is 0 Å². The molecule has 1 aliphatic rings. The van der Waals surface area contributed by atoms with Crippen LogP contribution in [0.1, 0.15) is 30.6 Å². The number of rotatable bonds is 4. The molecule has 30 heavy (non-hydrogen) atoms. The molecule has 6 rings (SSSR count). The van der Waals surface area contributed by atoms with E-state index in [0.717, 1.165) is 0 Å². The van der Waals surface area contributed by atoms with Gasteiger partial charge < -0.3 is 0 Å². The van der Waals surface area contributed by atoms with Crippen molar-refractivity contribution >= 4 is 67.6 Å². The quantitative estimate of drug-likeness (QED) is 0.253. The van der Waals surface area contributed by atoms with E-state index in [4.69, 9.17) is 0 Å². The molecule has 0 unspecified atom stereocenters. The number of allylic oxidation sites excluding steroid dienone is 2. The Balaban J connectivity index is 1.79. The molecule has 0 saturated carbocycles. The van der Waals surface area contributed by atoms with Crippen LogP contribution in [0.2, 0.25) is 0 Å². The number of thiophene rings is 4. The van der Waals surface area contributed by atoms with Gasteiger partial charge in [0.1, 0.15) is 0 Å². The number of benzene rings is 1. The topological polar surface area (TPSA) is 0 Å². The maximum atomic E-state index is 2.29. The van der Waals surface area contributed by atoms with Crippen molar-refractivity contribution in [1.82, 2.24) is 0 Å². The van der Waals surface area contributed by atoms with Gasteiger partial charge in [-0.25, -0.2) is 0 Å². The van der Waals surface area contributed by atoms with E-state index in [9.17, 15) is 0 Å². The highest BCUT2D eigenvalue weighted by Gasteiger charge is 2.32. The Morgan fingerprint density at radius 1 is 0.467 bits per heavy atom. The Kier molecular flexibility index (Phi) is 4.65. The second-order valence-electron chi connectivity index (χ2n) is 6.95. The Morgan fingerprint density at radius 2 is 1.00 bits per heavy atom. The van der Waals surface area contributed by atoms with Crippen LogP contribution in [-0.4, -0.2) is 0 Å². The molecule has 0 atom stereocenters. The van der Waals surface area contributed by atoms with Gasteiger partial charge in [0.25, 0.3) is 0 Å². The monoisotopic (exact) mass is 456 g/mol. The zero-order valence-electron chi connectivity index (χ0n) is 15.9. The van der Waals surface area contributed by atoms with Gasteiger partial charge in [-0.3, -0.25) is 0 Å². The summed E-state index contributed by atoms with van der Waals surface area (Å²) in [5.74, 6) is 0. The molecule has 4 heterocycles. The molecule has 0 N–H and O–H groups in total. The number of hydrogen-bond donors (Lipinski definition) is 0. The molecule has 0 fully saturated rings. The molecule has 0 aliphatic heterocycles. The van der Waals surface area contributed by atoms with Crippen molar-refractivity contribution in [2.24, 2.45) is 0 Å². The summed E-state index contributed by atoms with van der Waals surface area (Å²) in [6.07, 6.45) is 0. The molecule has 0 amide bonds. The lowest BCUT2D eigenvalue weighted by atomic mass is 9.94.